The first-order valence-corrected chi connectivity index (χ1v) is 10.1. The summed E-state index contributed by atoms with van der Waals surface area (Å²) < 4.78 is 5.56. The van der Waals surface area contributed by atoms with Crippen molar-refractivity contribution in [2.75, 3.05) is 46.9 Å². The van der Waals surface area contributed by atoms with Crippen LogP contribution < -0.4 is 4.74 Å². The number of rotatable bonds is 5. The number of ether oxygens (including phenoxy) is 1. The van der Waals surface area contributed by atoms with Crippen LogP contribution in [0.2, 0.25) is 0 Å². The number of hydrogen-bond donors (Lipinski definition) is 2. The van der Waals surface area contributed by atoms with Gasteiger partial charge in [0, 0.05) is 58.3 Å². The zero-order valence-electron chi connectivity index (χ0n) is 17.2. The highest BCUT2D eigenvalue weighted by Gasteiger charge is 2.46. The Morgan fingerprint density at radius 1 is 1.29 bits per heavy atom. The number of carbonyl (C=O) groups excluding carboxylic acids is 1. The fourth-order valence-electron chi connectivity index (χ4n) is 4.38. The van der Waals surface area contributed by atoms with Gasteiger partial charge in [-0.1, -0.05) is 6.07 Å². The maximum absolute atomic E-state index is 12.3. The third kappa shape index (κ3) is 4.42. The topological polar surface area (TPSA) is 76.5 Å². The van der Waals surface area contributed by atoms with Gasteiger partial charge in [0.2, 0.25) is 0 Å². The predicted molar refractivity (Wildman–Crippen MR) is 107 cm³/mol. The molecule has 2 heterocycles. The molecule has 2 fully saturated rings. The number of fused-ring (bicyclic) bond motifs is 1. The lowest BCUT2D eigenvalue weighted by Crippen LogP contribution is -2.61. The average Bonchev–Trinajstić information content (AvgIpc) is 2.68. The van der Waals surface area contributed by atoms with Gasteiger partial charge in [-0.05, 0) is 37.5 Å². The number of aliphatic hydroxyl groups is 2. The minimum atomic E-state index is -0.672. The molecule has 2 N–H and O–H groups in total. The van der Waals surface area contributed by atoms with Gasteiger partial charge in [-0.15, -0.1) is 0 Å². The van der Waals surface area contributed by atoms with E-state index in [1.165, 1.54) is 0 Å². The summed E-state index contributed by atoms with van der Waals surface area (Å²) in [4.78, 5) is 18.1. The van der Waals surface area contributed by atoms with Crippen molar-refractivity contribution < 1.29 is 19.7 Å². The Hall–Kier alpha value is -1.83. The average molecular weight is 392 g/mol. The standard InChI is InChI=1S/C21H33N3O4/c1-4-28-19-6-5-16(11-17(19)15-25)12-23-9-7-21(27)8-10-24(14-18(21)13-23)20(26)22(2)3/h5-6,11,18,25,27H,4,7-10,12-15H2,1-3H3/t18-,21-/m0/s1. The SMILES string of the molecule is CCOc1ccc(CN2CC[C@]3(O)CCN(C(=O)N(C)C)C[C@@H]3C2)cc1CO. The number of likely N-dealkylation sites (tertiary alicyclic amines) is 2. The Bertz CT molecular complexity index is 696. The van der Waals surface area contributed by atoms with Crippen molar-refractivity contribution in [2.45, 2.75) is 38.5 Å². The normalized spacial score (nSPS) is 25.3. The molecule has 0 bridgehead atoms. The lowest BCUT2D eigenvalue weighted by Gasteiger charge is -2.50. The van der Waals surface area contributed by atoms with Crippen LogP contribution in [0.5, 0.6) is 5.75 Å². The van der Waals surface area contributed by atoms with Gasteiger partial charge in [-0.2, -0.15) is 0 Å². The van der Waals surface area contributed by atoms with Gasteiger partial charge in [-0.25, -0.2) is 4.79 Å². The van der Waals surface area contributed by atoms with Gasteiger partial charge in [-0.3, -0.25) is 4.90 Å². The van der Waals surface area contributed by atoms with E-state index in [2.05, 4.69) is 4.90 Å². The number of amides is 2. The number of piperidine rings is 2. The van der Waals surface area contributed by atoms with Crippen LogP contribution in [0.25, 0.3) is 0 Å². The van der Waals surface area contributed by atoms with E-state index in [4.69, 9.17) is 4.74 Å². The molecule has 2 aliphatic rings. The molecular weight excluding hydrogens is 358 g/mol. The van der Waals surface area contributed by atoms with Crippen molar-refractivity contribution in [1.29, 1.82) is 0 Å². The lowest BCUT2D eigenvalue weighted by molar-refractivity contribution is -0.108. The van der Waals surface area contributed by atoms with Crippen LogP contribution in [-0.4, -0.2) is 83.4 Å². The molecule has 0 spiro atoms. The highest BCUT2D eigenvalue weighted by Crippen LogP contribution is 2.36. The van der Waals surface area contributed by atoms with Gasteiger partial charge in [0.05, 0.1) is 18.8 Å². The Kier molecular flexibility index (Phi) is 6.47. The molecule has 0 aromatic heterocycles. The monoisotopic (exact) mass is 391 g/mol. The second-order valence-corrected chi connectivity index (χ2v) is 8.19. The summed E-state index contributed by atoms with van der Waals surface area (Å²) in [5.41, 5.74) is 1.25. The summed E-state index contributed by atoms with van der Waals surface area (Å²) in [6, 6.07) is 5.96. The molecule has 2 atom stereocenters. The molecular formula is C21H33N3O4. The zero-order valence-corrected chi connectivity index (χ0v) is 17.2. The number of benzene rings is 1. The number of urea groups is 1. The third-order valence-corrected chi connectivity index (χ3v) is 6.01. The lowest BCUT2D eigenvalue weighted by atomic mass is 9.75. The summed E-state index contributed by atoms with van der Waals surface area (Å²) in [6.07, 6.45) is 1.37. The Morgan fingerprint density at radius 2 is 2.04 bits per heavy atom. The molecule has 2 aliphatic heterocycles. The Morgan fingerprint density at radius 3 is 2.71 bits per heavy atom. The van der Waals surface area contributed by atoms with Crippen LogP contribution in [0, 0.1) is 5.92 Å². The van der Waals surface area contributed by atoms with Crippen molar-refractivity contribution in [3.8, 4) is 5.75 Å². The number of carbonyl (C=O) groups is 1. The summed E-state index contributed by atoms with van der Waals surface area (Å²) in [6.45, 7) is 6.00. The maximum atomic E-state index is 12.3. The van der Waals surface area contributed by atoms with Gasteiger partial charge < -0.3 is 24.7 Å². The maximum Gasteiger partial charge on any atom is 0.319 e. The summed E-state index contributed by atoms with van der Waals surface area (Å²) in [5.74, 6) is 0.783. The molecule has 3 rings (SSSR count). The van der Waals surface area contributed by atoms with Gasteiger partial charge in [0.25, 0.3) is 0 Å². The van der Waals surface area contributed by atoms with E-state index >= 15 is 0 Å². The van der Waals surface area contributed by atoms with Crippen molar-refractivity contribution >= 4 is 6.03 Å². The second-order valence-electron chi connectivity index (χ2n) is 8.19. The van der Waals surface area contributed by atoms with Gasteiger partial charge in [0.1, 0.15) is 5.75 Å². The number of aliphatic hydroxyl groups excluding tert-OH is 1. The molecule has 28 heavy (non-hydrogen) atoms. The first kappa shape index (κ1) is 20.9. The van der Waals surface area contributed by atoms with E-state index in [9.17, 15) is 15.0 Å². The summed E-state index contributed by atoms with van der Waals surface area (Å²) in [7, 11) is 3.53. The molecule has 156 valence electrons. The first-order chi connectivity index (χ1) is 13.4. The van der Waals surface area contributed by atoms with Crippen molar-refractivity contribution in [3.63, 3.8) is 0 Å². The zero-order chi connectivity index (χ0) is 20.3. The molecule has 1 aromatic rings. The smallest absolute Gasteiger partial charge is 0.319 e. The van der Waals surface area contributed by atoms with E-state index < -0.39 is 5.60 Å². The van der Waals surface area contributed by atoms with Crippen molar-refractivity contribution in [2.24, 2.45) is 5.92 Å². The molecule has 2 amide bonds. The van der Waals surface area contributed by atoms with Crippen molar-refractivity contribution in [3.05, 3.63) is 29.3 Å². The van der Waals surface area contributed by atoms with Crippen LogP contribution in [-0.2, 0) is 13.2 Å². The number of hydrogen-bond acceptors (Lipinski definition) is 5. The molecule has 1 aromatic carbocycles. The third-order valence-electron chi connectivity index (χ3n) is 6.01. The molecule has 2 saturated heterocycles. The van der Waals surface area contributed by atoms with Crippen molar-refractivity contribution in [1.82, 2.24) is 14.7 Å². The largest absolute Gasteiger partial charge is 0.494 e. The molecule has 0 aliphatic carbocycles. The minimum Gasteiger partial charge on any atom is -0.494 e. The first-order valence-electron chi connectivity index (χ1n) is 10.1. The number of nitrogens with zero attached hydrogens (tertiary/aromatic N) is 3. The summed E-state index contributed by atoms with van der Waals surface area (Å²) >= 11 is 0. The Labute approximate surface area is 167 Å². The minimum absolute atomic E-state index is 0.0123. The molecule has 0 radical (unpaired) electrons. The molecule has 7 nitrogen and oxygen atoms in total. The van der Waals surface area contributed by atoms with Gasteiger partial charge in [0.15, 0.2) is 0 Å². The van der Waals surface area contributed by atoms with Crippen LogP contribution in [0.15, 0.2) is 18.2 Å². The van der Waals surface area contributed by atoms with Crippen LogP contribution in [0.3, 0.4) is 0 Å². The Balaban J connectivity index is 1.66. The second kappa shape index (κ2) is 8.68. The highest BCUT2D eigenvalue weighted by atomic mass is 16.5. The molecule has 7 heteroatoms. The van der Waals surface area contributed by atoms with E-state index in [1.807, 2.05) is 30.0 Å². The fraction of sp³-hybridized carbons (Fsp3) is 0.667. The van der Waals surface area contributed by atoms with E-state index in [1.54, 1.807) is 19.0 Å². The van der Waals surface area contributed by atoms with E-state index in [0.717, 1.165) is 42.9 Å². The van der Waals surface area contributed by atoms with Crippen LogP contribution in [0.1, 0.15) is 30.9 Å². The molecule has 0 saturated carbocycles. The van der Waals surface area contributed by atoms with E-state index in [-0.39, 0.29) is 18.6 Å². The quantitative estimate of drug-likeness (QED) is 0.796. The van der Waals surface area contributed by atoms with Crippen LogP contribution >= 0.6 is 0 Å². The summed E-state index contributed by atoms with van der Waals surface area (Å²) in [5, 5.41) is 20.7. The van der Waals surface area contributed by atoms with E-state index in [0.29, 0.717) is 26.1 Å². The van der Waals surface area contributed by atoms with Crippen LogP contribution in [0.4, 0.5) is 4.79 Å². The predicted octanol–water partition coefficient (Wildman–Crippen LogP) is 1.52. The molecule has 0 unspecified atom stereocenters. The highest BCUT2D eigenvalue weighted by molar-refractivity contribution is 5.74. The van der Waals surface area contributed by atoms with Gasteiger partial charge >= 0.3 is 6.03 Å². The fourth-order valence-corrected chi connectivity index (χ4v) is 4.38.